The lowest BCUT2D eigenvalue weighted by atomic mass is 10.2. The van der Waals surface area contributed by atoms with Crippen molar-refractivity contribution in [3.05, 3.63) is 123 Å². The number of aromatic nitrogens is 2. The standard InChI is InChI=1S/C32H23N5O7/c1-42-26-12-7-13-27-23(26)17-29(44-27)31-35-24-11-6-5-10-22(24)32(39)36(31)33-18-20-14-15-28(25(16-20)37(40)41)43-19-30(38)34-21-8-3-2-4-9-21/h2-18H,19H2,1H3,(H,34,38). The van der Waals surface area contributed by atoms with Crippen LogP contribution in [0.5, 0.6) is 11.5 Å². The quantitative estimate of drug-likeness (QED) is 0.130. The second-order valence-electron chi connectivity index (χ2n) is 9.48. The lowest BCUT2D eigenvalue weighted by Crippen LogP contribution is -2.20. The summed E-state index contributed by atoms with van der Waals surface area (Å²) < 4.78 is 18.0. The Morgan fingerprint density at radius 1 is 1.00 bits per heavy atom. The molecular formula is C32H23N5O7. The molecule has 4 aromatic carbocycles. The first-order chi connectivity index (χ1) is 21.4. The van der Waals surface area contributed by atoms with Gasteiger partial charge in [-0.2, -0.15) is 9.78 Å². The highest BCUT2D eigenvalue weighted by Crippen LogP contribution is 2.33. The molecular weight excluding hydrogens is 566 g/mol. The maximum atomic E-state index is 13.6. The molecule has 2 aromatic heterocycles. The van der Waals surface area contributed by atoms with Gasteiger partial charge in [0, 0.05) is 17.3 Å². The third-order valence-electron chi connectivity index (χ3n) is 6.63. The average molecular weight is 590 g/mol. The molecule has 1 N–H and O–H groups in total. The molecule has 0 atom stereocenters. The Labute approximate surface area is 248 Å². The highest BCUT2D eigenvalue weighted by Gasteiger charge is 2.19. The van der Waals surface area contributed by atoms with Crippen LogP contribution < -0.4 is 20.3 Å². The van der Waals surface area contributed by atoms with Gasteiger partial charge in [-0.15, -0.1) is 0 Å². The molecule has 12 heteroatoms. The number of carbonyl (C=O) groups excluding carboxylic acids is 1. The van der Waals surface area contributed by atoms with E-state index in [1.165, 1.54) is 24.4 Å². The SMILES string of the molecule is COc1cccc2oc(-c3nc4ccccc4c(=O)n3N=Cc3ccc(OCC(=O)Nc4ccccc4)c([N+](=O)[O-])c3)cc12. The van der Waals surface area contributed by atoms with Crippen molar-refractivity contribution < 1.29 is 23.6 Å². The zero-order valence-electron chi connectivity index (χ0n) is 23.2. The molecule has 12 nitrogen and oxygen atoms in total. The number of hydrogen-bond donors (Lipinski definition) is 1. The number of benzene rings is 4. The van der Waals surface area contributed by atoms with Crippen molar-refractivity contribution in [2.45, 2.75) is 0 Å². The van der Waals surface area contributed by atoms with Gasteiger partial charge in [0.1, 0.15) is 11.3 Å². The number of anilines is 1. The summed E-state index contributed by atoms with van der Waals surface area (Å²) in [5.41, 5.74) is 1.00. The van der Waals surface area contributed by atoms with Crippen LogP contribution in [0, 0.1) is 10.1 Å². The Morgan fingerprint density at radius 3 is 2.59 bits per heavy atom. The fourth-order valence-corrected chi connectivity index (χ4v) is 4.58. The molecule has 0 saturated carbocycles. The molecule has 0 fully saturated rings. The summed E-state index contributed by atoms with van der Waals surface area (Å²) >= 11 is 0. The van der Waals surface area contributed by atoms with Gasteiger partial charge in [-0.3, -0.25) is 19.7 Å². The number of nitrogens with one attached hydrogen (secondary N) is 1. The molecule has 0 aliphatic heterocycles. The molecule has 218 valence electrons. The normalized spacial score (nSPS) is 11.2. The highest BCUT2D eigenvalue weighted by molar-refractivity contribution is 5.92. The largest absolute Gasteiger partial charge is 0.496 e. The predicted octanol–water partition coefficient (Wildman–Crippen LogP) is 5.63. The van der Waals surface area contributed by atoms with Crippen LogP contribution in [0.1, 0.15) is 5.56 Å². The number of methoxy groups -OCH3 is 1. The van der Waals surface area contributed by atoms with E-state index in [0.717, 1.165) is 4.68 Å². The van der Waals surface area contributed by atoms with Crippen LogP contribution in [-0.4, -0.2) is 40.4 Å². The molecule has 6 rings (SSSR count). The van der Waals surface area contributed by atoms with E-state index < -0.39 is 23.0 Å². The van der Waals surface area contributed by atoms with Crippen molar-refractivity contribution in [2.24, 2.45) is 5.10 Å². The molecule has 1 amide bonds. The van der Waals surface area contributed by atoms with E-state index >= 15 is 0 Å². The van der Waals surface area contributed by atoms with Crippen molar-refractivity contribution >= 4 is 45.4 Å². The molecule has 0 bridgehead atoms. The van der Waals surface area contributed by atoms with Crippen LogP contribution >= 0.6 is 0 Å². The number of para-hydroxylation sites is 2. The van der Waals surface area contributed by atoms with E-state index in [-0.39, 0.29) is 23.0 Å². The summed E-state index contributed by atoms with van der Waals surface area (Å²) in [6, 6.07) is 26.7. The number of nitrogens with zero attached hydrogens (tertiary/aromatic N) is 4. The molecule has 2 heterocycles. The molecule has 0 spiro atoms. The summed E-state index contributed by atoms with van der Waals surface area (Å²) in [5.74, 6) is 0.407. The smallest absolute Gasteiger partial charge is 0.311 e. The van der Waals surface area contributed by atoms with Gasteiger partial charge in [-0.05, 0) is 54.6 Å². The fraction of sp³-hybridized carbons (Fsp3) is 0.0625. The summed E-state index contributed by atoms with van der Waals surface area (Å²) in [6.45, 7) is -0.438. The van der Waals surface area contributed by atoms with Crippen molar-refractivity contribution in [3.63, 3.8) is 0 Å². The predicted molar refractivity (Wildman–Crippen MR) is 164 cm³/mol. The number of ether oxygens (including phenoxy) is 2. The molecule has 6 aromatic rings. The second-order valence-corrected chi connectivity index (χ2v) is 9.48. The number of fused-ring (bicyclic) bond motifs is 2. The highest BCUT2D eigenvalue weighted by atomic mass is 16.6. The zero-order valence-corrected chi connectivity index (χ0v) is 23.2. The minimum atomic E-state index is -0.626. The first kappa shape index (κ1) is 27.8. The molecule has 0 unspecified atom stereocenters. The van der Waals surface area contributed by atoms with E-state index in [2.05, 4.69) is 15.4 Å². The third-order valence-corrected chi connectivity index (χ3v) is 6.63. The minimum absolute atomic E-state index is 0.100. The van der Waals surface area contributed by atoms with Crippen LogP contribution in [0.2, 0.25) is 0 Å². The lowest BCUT2D eigenvalue weighted by molar-refractivity contribution is -0.385. The van der Waals surface area contributed by atoms with Gasteiger partial charge in [0.15, 0.2) is 18.1 Å². The Morgan fingerprint density at radius 2 is 1.80 bits per heavy atom. The number of amides is 1. The van der Waals surface area contributed by atoms with E-state index in [1.807, 2.05) is 6.07 Å². The Bertz CT molecular complexity index is 2120. The van der Waals surface area contributed by atoms with E-state index in [1.54, 1.807) is 79.9 Å². The van der Waals surface area contributed by atoms with E-state index in [0.29, 0.717) is 38.9 Å². The molecule has 0 saturated heterocycles. The number of furan rings is 1. The fourth-order valence-electron chi connectivity index (χ4n) is 4.58. The topological polar surface area (TPSA) is 151 Å². The van der Waals surface area contributed by atoms with Crippen LogP contribution in [0.3, 0.4) is 0 Å². The molecule has 44 heavy (non-hydrogen) atoms. The maximum absolute atomic E-state index is 13.6. The minimum Gasteiger partial charge on any atom is -0.496 e. The average Bonchev–Trinajstić information content (AvgIpc) is 3.48. The van der Waals surface area contributed by atoms with E-state index in [9.17, 15) is 19.7 Å². The van der Waals surface area contributed by atoms with Crippen LogP contribution in [-0.2, 0) is 4.79 Å². The Kier molecular flexibility index (Phi) is 7.53. The van der Waals surface area contributed by atoms with Crippen molar-refractivity contribution in [1.82, 2.24) is 9.66 Å². The zero-order chi connectivity index (χ0) is 30.6. The summed E-state index contributed by atoms with van der Waals surface area (Å²) in [4.78, 5) is 41.7. The maximum Gasteiger partial charge on any atom is 0.311 e. The van der Waals surface area contributed by atoms with Crippen molar-refractivity contribution in [2.75, 3.05) is 19.0 Å². The first-order valence-corrected chi connectivity index (χ1v) is 13.3. The van der Waals surface area contributed by atoms with Gasteiger partial charge < -0.3 is 19.2 Å². The number of hydrogen-bond acceptors (Lipinski definition) is 9. The van der Waals surface area contributed by atoms with Gasteiger partial charge >= 0.3 is 5.69 Å². The monoisotopic (exact) mass is 589 g/mol. The Hall–Kier alpha value is -6.30. The van der Waals surface area contributed by atoms with Gasteiger partial charge in [-0.1, -0.05) is 36.4 Å². The van der Waals surface area contributed by atoms with Gasteiger partial charge in [0.05, 0.1) is 34.5 Å². The Balaban J connectivity index is 1.34. The van der Waals surface area contributed by atoms with Gasteiger partial charge in [-0.25, -0.2) is 4.98 Å². The summed E-state index contributed by atoms with van der Waals surface area (Å²) in [7, 11) is 1.55. The summed E-state index contributed by atoms with van der Waals surface area (Å²) in [6.07, 6.45) is 1.30. The molecule has 0 aliphatic rings. The number of nitro groups is 1. The second kappa shape index (κ2) is 11.9. The van der Waals surface area contributed by atoms with Gasteiger partial charge in [0.25, 0.3) is 11.5 Å². The number of rotatable bonds is 9. The number of carbonyl (C=O) groups is 1. The van der Waals surface area contributed by atoms with Crippen LogP contribution in [0.25, 0.3) is 33.5 Å². The van der Waals surface area contributed by atoms with Crippen molar-refractivity contribution in [1.29, 1.82) is 0 Å². The van der Waals surface area contributed by atoms with Crippen LogP contribution in [0.15, 0.2) is 111 Å². The third kappa shape index (κ3) is 5.59. The van der Waals surface area contributed by atoms with Crippen LogP contribution in [0.4, 0.5) is 11.4 Å². The lowest BCUT2D eigenvalue weighted by Gasteiger charge is -2.09. The van der Waals surface area contributed by atoms with E-state index in [4.69, 9.17) is 13.9 Å². The molecule has 0 aliphatic carbocycles. The number of nitro benzene ring substituents is 1. The van der Waals surface area contributed by atoms with Crippen molar-refractivity contribution in [3.8, 4) is 23.1 Å². The molecule has 0 radical (unpaired) electrons. The first-order valence-electron chi connectivity index (χ1n) is 13.3. The van der Waals surface area contributed by atoms with Gasteiger partial charge in [0.2, 0.25) is 5.82 Å². The summed E-state index contributed by atoms with van der Waals surface area (Å²) in [5, 5.41) is 19.9.